The minimum absolute atomic E-state index is 0.685. The number of nitrogens with two attached hydrogens (primary N) is 1. The molecule has 3 nitrogen and oxygen atoms in total. The van der Waals surface area contributed by atoms with Crippen molar-refractivity contribution in [1.29, 1.82) is 0 Å². The van der Waals surface area contributed by atoms with Crippen molar-refractivity contribution in [3.63, 3.8) is 0 Å². The second-order valence-corrected chi connectivity index (χ2v) is 5.82. The third kappa shape index (κ3) is 3.30. The van der Waals surface area contributed by atoms with Crippen molar-refractivity contribution in [1.82, 2.24) is 9.78 Å². The monoisotopic (exact) mass is 335 g/mol. The average Bonchev–Trinajstić information content (AvgIpc) is 2.79. The molecule has 108 valence electrons. The molecule has 2 aromatic rings. The first kappa shape index (κ1) is 15.3. The summed E-state index contributed by atoms with van der Waals surface area (Å²) in [6, 6.07) is 8.43. The van der Waals surface area contributed by atoms with E-state index in [9.17, 15) is 0 Å². The van der Waals surface area contributed by atoms with Gasteiger partial charge in [-0.3, -0.25) is 4.68 Å². The normalized spacial score (nSPS) is 11.0. The Hall–Kier alpha value is -1.13. The number of hydrogen-bond donors (Lipinski definition) is 1. The van der Waals surface area contributed by atoms with E-state index < -0.39 is 0 Å². The van der Waals surface area contributed by atoms with Gasteiger partial charge in [0.05, 0.1) is 12.2 Å². The second-order valence-electron chi connectivity index (χ2n) is 4.90. The molecule has 0 radical (unpaired) electrons. The van der Waals surface area contributed by atoms with Crippen LogP contribution in [0.4, 0.5) is 0 Å². The van der Waals surface area contributed by atoms with Crippen molar-refractivity contribution in [2.24, 2.45) is 5.73 Å². The number of aromatic nitrogens is 2. The van der Waals surface area contributed by atoms with Gasteiger partial charge in [-0.25, -0.2) is 0 Å². The van der Waals surface area contributed by atoms with Crippen LogP contribution in [-0.2, 0) is 25.8 Å². The lowest BCUT2D eigenvalue weighted by atomic mass is 10.1. The lowest BCUT2D eigenvalue weighted by Crippen LogP contribution is -2.09. The Morgan fingerprint density at radius 2 is 1.85 bits per heavy atom. The Kier molecular flexibility index (Phi) is 5.38. The van der Waals surface area contributed by atoms with Crippen LogP contribution in [0.1, 0.15) is 36.4 Å². The van der Waals surface area contributed by atoms with Crippen LogP contribution < -0.4 is 5.73 Å². The van der Waals surface area contributed by atoms with E-state index >= 15 is 0 Å². The van der Waals surface area contributed by atoms with Crippen LogP contribution in [0.3, 0.4) is 0 Å². The minimum atomic E-state index is 0.685. The molecule has 0 unspecified atom stereocenters. The summed E-state index contributed by atoms with van der Waals surface area (Å²) in [5.41, 5.74) is 10.9. The maximum absolute atomic E-state index is 5.74. The molecule has 0 spiro atoms. The van der Waals surface area contributed by atoms with Crippen LogP contribution in [0.2, 0.25) is 0 Å². The van der Waals surface area contributed by atoms with Crippen LogP contribution in [-0.4, -0.2) is 16.3 Å². The fourth-order valence-corrected chi connectivity index (χ4v) is 2.86. The highest BCUT2D eigenvalue weighted by Crippen LogP contribution is 2.19. The zero-order valence-corrected chi connectivity index (χ0v) is 13.8. The van der Waals surface area contributed by atoms with Gasteiger partial charge in [0, 0.05) is 10.2 Å². The molecule has 1 aromatic carbocycles. The molecule has 0 amide bonds. The Morgan fingerprint density at radius 3 is 2.40 bits per heavy atom. The van der Waals surface area contributed by atoms with E-state index in [1.54, 1.807) is 0 Å². The van der Waals surface area contributed by atoms with Crippen molar-refractivity contribution in [2.45, 2.75) is 39.7 Å². The van der Waals surface area contributed by atoms with Gasteiger partial charge in [-0.1, -0.05) is 41.9 Å². The van der Waals surface area contributed by atoms with Crippen molar-refractivity contribution in [3.8, 4) is 0 Å². The molecule has 0 aliphatic carbocycles. The number of hydrogen-bond acceptors (Lipinski definition) is 2. The SMILES string of the molecule is CCc1nn(Cc2ccc(Br)cc2)c(CC)c1CCN. The Balaban J connectivity index is 2.33. The smallest absolute Gasteiger partial charge is 0.0662 e. The average molecular weight is 336 g/mol. The summed E-state index contributed by atoms with van der Waals surface area (Å²) >= 11 is 3.47. The summed E-state index contributed by atoms with van der Waals surface area (Å²) in [6.07, 6.45) is 2.89. The minimum Gasteiger partial charge on any atom is -0.330 e. The zero-order chi connectivity index (χ0) is 14.5. The first-order chi connectivity index (χ1) is 9.69. The summed E-state index contributed by atoms with van der Waals surface area (Å²) in [5.74, 6) is 0. The number of aryl methyl sites for hydroxylation is 1. The molecule has 20 heavy (non-hydrogen) atoms. The topological polar surface area (TPSA) is 43.8 Å². The van der Waals surface area contributed by atoms with E-state index in [4.69, 9.17) is 10.8 Å². The molecular weight excluding hydrogens is 314 g/mol. The van der Waals surface area contributed by atoms with E-state index in [0.717, 1.165) is 30.3 Å². The van der Waals surface area contributed by atoms with Crippen LogP contribution >= 0.6 is 15.9 Å². The number of benzene rings is 1. The second kappa shape index (κ2) is 7.04. The lowest BCUT2D eigenvalue weighted by Gasteiger charge is -2.08. The third-order valence-electron chi connectivity index (χ3n) is 3.56. The van der Waals surface area contributed by atoms with Crippen LogP contribution in [0, 0.1) is 0 Å². The number of halogens is 1. The Bertz CT molecular complexity index is 558. The summed E-state index contributed by atoms with van der Waals surface area (Å²) < 4.78 is 3.25. The van der Waals surface area contributed by atoms with Crippen molar-refractivity contribution in [2.75, 3.05) is 6.54 Å². The summed E-state index contributed by atoms with van der Waals surface area (Å²) in [7, 11) is 0. The molecule has 0 bridgehead atoms. The predicted molar refractivity (Wildman–Crippen MR) is 87.0 cm³/mol. The third-order valence-corrected chi connectivity index (χ3v) is 4.09. The van der Waals surface area contributed by atoms with Gasteiger partial charge in [0.2, 0.25) is 0 Å². The Labute approximate surface area is 129 Å². The molecule has 0 aliphatic heterocycles. The quantitative estimate of drug-likeness (QED) is 0.879. The molecule has 2 rings (SSSR count). The zero-order valence-electron chi connectivity index (χ0n) is 12.2. The maximum Gasteiger partial charge on any atom is 0.0662 e. The van der Waals surface area contributed by atoms with Crippen molar-refractivity contribution < 1.29 is 0 Å². The van der Waals surface area contributed by atoms with Crippen LogP contribution in [0.25, 0.3) is 0 Å². The Morgan fingerprint density at radius 1 is 1.15 bits per heavy atom. The first-order valence-electron chi connectivity index (χ1n) is 7.21. The number of nitrogens with zero attached hydrogens (tertiary/aromatic N) is 2. The molecule has 0 atom stereocenters. The molecule has 2 N–H and O–H groups in total. The summed E-state index contributed by atoms with van der Waals surface area (Å²) in [5, 5.41) is 4.79. The van der Waals surface area contributed by atoms with Crippen molar-refractivity contribution >= 4 is 15.9 Å². The van der Waals surface area contributed by atoms with E-state index in [0.29, 0.717) is 6.54 Å². The highest BCUT2D eigenvalue weighted by molar-refractivity contribution is 9.10. The van der Waals surface area contributed by atoms with Gasteiger partial charge in [-0.05, 0) is 49.1 Å². The molecular formula is C16H22BrN3. The molecule has 0 saturated heterocycles. The first-order valence-corrected chi connectivity index (χ1v) is 8.00. The van der Waals surface area contributed by atoms with Gasteiger partial charge < -0.3 is 5.73 Å². The standard InChI is InChI=1S/C16H22BrN3/c1-3-15-14(9-10-18)16(4-2)20(19-15)11-12-5-7-13(17)8-6-12/h5-8H,3-4,9-11,18H2,1-2H3. The van der Waals surface area contributed by atoms with Gasteiger partial charge in [0.25, 0.3) is 0 Å². The van der Waals surface area contributed by atoms with E-state index in [2.05, 4.69) is 58.7 Å². The van der Waals surface area contributed by atoms with Crippen LogP contribution in [0.5, 0.6) is 0 Å². The van der Waals surface area contributed by atoms with Crippen LogP contribution in [0.15, 0.2) is 28.7 Å². The molecule has 0 fully saturated rings. The highest BCUT2D eigenvalue weighted by Gasteiger charge is 2.14. The van der Waals surface area contributed by atoms with E-state index in [1.165, 1.54) is 22.5 Å². The summed E-state index contributed by atoms with van der Waals surface area (Å²) in [4.78, 5) is 0. The lowest BCUT2D eigenvalue weighted by molar-refractivity contribution is 0.639. The molecule has 0 aliphatic rings. The maximum atomic E-state index is 5.74. The molecule has 4 heteroatoms. The largest absolute Gasteiger partial charge is 0.330 e. The summed E-state index contributed by atoms with van der Waals surface area (Å²) in [6.45, 7) is 5.86. The van der Waals surface area contributed by atoms with Gasteiger partial charge in [0.15, 0.2) is 0 Å². The molecule has 1 aromatic heterocycles. The molecule has 1 heterocycles. The van der Waals surface area contributed by atoms with E-state index in [-0.39, 0.29) is 0 Å². The number of rotatable bonds is 6. The van der Waals surface area contributed by atoms with Gasteiger partial charge in [0.1, 0.15) is 0 Å². The predicted octanol–water partition coefficient (Wildman–Crippen LogP) is 3.32. The van der Waals surface area contributed by atoms with Gasteiger partial charge in [-0.2, -0.15) is 5.10 Å². The van der Waals surface area contributed by atoms with Gasteiger partial charge in [-0.15, -0.1) is 0 Å². The fraction of sp³-hybridized carbons (Fsp3) is 0.438. The van der Waals surface area contributed by atoms with Gasteiger partial charge >= 0.3 is 0 Å². The fourth-order valence-electron chi connectivity index (χ4n) is 2.60. The molecule has 0 saturated carbocycles. The van der Waals surface area contributed by atoms with Crippen molar-refractivity contribution in [3.05, 3.63) is 51.3 Å². The van der Waals surface area contributed by atoms with E-state index in [1.807, 2.05) is 0 Å². The highest BCUT2D eigenvalue weighted by atomic mass is 79.9.